The first-order valence-corrected chi connectivity index (χ1v) is 11.2. The van der Waals surface area contributed by atoms with E-state index in [1.165, 1.54) is 5.56 Å². The number of carbonyl (C=O) groups excluding carboxylic acids is 1. The average molecular weight is 400 g/mol. The van der Waals surface area contributed by atoms with Crippen molar-refractivity contribution < 1.29 is 13.2 Å². The monoisotopic (exact) mass is 399 g/mol. The molecule has 1 unspecified atom stereocenters. The Morgan fingerprint density at radius 2 is 1.93 bits per heavy atom. The Hall–Kier alpha value is -2.22. The maximum atomic E-state index is 12.7. The van der Waals surface area contributed by atoms with Crippen molar-refractivity contribution in [2.75, 3.05) is 25.0 Å². The van der Waals surface area contributed by atoms with Gasteiger partial charge in [0.05, 0.1) is 4.90 Å². The molecule has 1 fully saturated rings. The highest BCUT2D eigenvalue weighted by molar-refractivity contribution is 7.89. The lowest BCUT2D eigenvalue weighted by Crippen LogP contribution is -2.31. The van der Waals surface area contributed by atoms with E-state index in [1.807, 2.05) is 18.2 Å². The number of nitrogens with one attached hydrogen (secondary N) is 2. The first-order valence-electron chi connectivity index (χ1n) is 9.68. The summed E-state index contributed by atoms with van der Waals surface area (Å²) in [5, 5.41) is 2.78. The van der Waals surface area contributed by atoms with Crippen LogP contribution >= 0.6 is 0 Å². The van der Waals surface area contributed by atoms with Gasteiger partial charge in [-0.2, -0.15) is 0 Å². The molecule has 1 saturated heterocycles. The third-order valence-electron chi connectivity index (χ3n) is 5.46. The smallest absolute Gasteiger partial charge is 0.240 e. The van der Waals surface area contributed by atoms with Crippen molar-refractivity contribution in [3.05, 3.63) is 59.7 Å². The quantitative estimate of drug-likeness (QED) is 0.782. The number of aryl methyl sites for hydroxylation is 1. The van der Waals surface area contributed by atoms with Gasteiger partial charge in [-0.1, -0.05) is 30.3 Å². The van der Waals surface area contributed by atoms with Gasteiger partial charge in [-0.25, -0.2) is 13.1 Å². The predicted octanol–water partition coefficient (Wildman–Crippen LogP) is 2.37. The minimum absolute atomic E-state index is 0.0254. The number of anilines is 1. The van der Waals surface area contributed by atoms with E-state index in [-0.39, 0.29) is 10.8 Å². The zero-order chi connectivity index (χ0) is 19.6. The van der Waals surface area contributed by atoms with Crippen LogP contribution in [0.3, 0.4) is 0 Å². The molecular weight excluding hydrogens is 374 g/mol. The van der Waals surface area contributed by atoms with Gasteiger partial charge in [0.25, 0.3) is 0 Å². The molecule has 4 rings (SSSR count). The first-order chi connectivity index (χ1) is 13.5. The molecule has 1 atom stereocenters. The van der Waals surface area contributed by atoms with Gasteiger partial charge in [-0.3, -0.25) is 9.69 Å². The number of sulfonamides is 1. The largest absolute Gasteiger partial charge is 0.326 e. The maximum Gasteiger partial charge on any atom is 0.240 e. The normalized spacial score (nSPS) is 20.0. The molecule has 0 spiro atoms. The van der Waals surface area contributed by atoms with E-state index >= 15 is 0 Å². The molecule has 0 radical (unpaired) electrons. The Kier molecular flexibility index (Phi) is 5.48. The summed E-state index contributed by atoms with van der Waals surface area (Å²) in [7, 11) is -3.55. The lowest BCUT2D eigenvalue weighted by atomic mass is 10.0. The average Bonchev–Trinajstić information content (AvgIpc) is 3.14. The second kappa shape index (κ2) is 8.03. The van der Waals surface area contributed by atoms with Gasteiger partial charge in [0.15, 0.2) is 0 Å². The molecule has 2 aliphatic rings. The van der Waals surface area contributed by atoms with E-state index < -0.39 is 10.0 Å². The summed E-state index contributed by atoms with van der Waals surface area (Å²) in [5.41, 5.74) is 2.87. The molecule has 2 aliphatic heterocycles. The first kappa shape index (κ1) is 19.1. The standard InChI is InChI=1S/C21H25N3O3S/c25-21-9-6-18-12-19(7-8-20(18)23-21)28(26,27)22-13-17-10-11-24(15-17)14-16-4-2-1-3-5-16/h1-5,7-8,12,17,22H,6,9-11,13-15H2,(H,23,25). The van der Waals surface area contributed by atoms with Crippen LogP contribution < -0.4 is 10.0 Å². The van der Waals surface area contributed by atoms with Gasteiger partial charge >= 0.3 is 0 Å². The van der Waals surface area contributed by atoms with Gasteiger partial charge in [0, 0.05) is 31.7 Å². The Labute approximate surface area is 166 Å². The number of likely N-dealkylation sites (tertiary alicyclic amines) is 1. The number of fused-ring (bicyclic) bond motifs is 1. The van der Waals surface area contributed by atoms with E-state index in [0.717, 1.165) is 31.6 Å². The Morgan fingerprint density at radius 3 is 2.75 bits per heavy atom. The van der Waals surface area contributed by atoms with Crippen LogP contribution in [0.25, 0.3) is 0 Å². The topological polar surface area (TPSA) is 78.5 Å². The van der Waals surface area contributed by atoms with E-state index in [1.54, 1.807) is 18.2 Å². The van der Waals surface area contributed by atoms with Gasteiger partial charge in [-0.05, 0) is 54.6 Å². The van der Waals surface area contributed by atoms with E-state index in [0.29, 0.717) is 31.0 Å². The Morgan fingerprint density at radius 1 is 1.11 bits per heavy atom. The van der Waals surface area contributed by atoms with Gasteiger partial charge in [-0.15, -0.1) is 0 Å². The summed E-state index contributed by atoms with van der Waals surface area (Å²) < 4.78 is 28.2. The van der Waals surface area contributed by atoms with Crippen LogP contribution in [0.2, 0.25) is 0 Å². The zero-order valence-corrected chi connectivity index (χ0v) is 16.5. The molecule has 2 aromatic rings. The molecule has 2 N–H and O–H groups in total. The lowest BCUT2D eigenvalue weighted by Gasteiger charge is -2.18. The number of carbonyl (C=O) groups is 1. The van der Waals surface area contributed by atoms with Crippen LogP contribution in [0.1, 0.15) is 24.0 Å². The van der Waals surface area contributed by atoms with Crippen LogP contribution in [-0.4, -0.2) is 38.9 Å². The van der Waals surface area contributed by atoms with Crippen LogP contribution in [0, 0.1) is 5.92 Å². The second-order valence-corrected chi connectivity index (χ2v) is 9.36. The molecule has 0 aliphatic carbocycles. The number of benzene rings is 2. The zero-order valence-electron chi connectivity index (χ0n) is 15.7. The highest BCUT2D eigenvalue weighted by Gasteiger charge is 2.25. The molecule has 7 heteroatoms. The fourth-order valence-electron chi connectivity index (χ4n) is 3.90. The lowest BCUT2D eigenvalue weighted by molar-refractivity contribution is -0.116. The number of nitrogens with zero attached hydrogens (tertiary/aromatic N) is 1. The summed E-state index contributed by atoms with van der Waals surface area (Å²) in [4.78, 5) is 14.1. The summed E-state index contributed by atoms with van der Waals surface area (Å²) in [6.45, 7) is 3.23. The van der Waals surface area contributed by atoms with Crippen molar-refractivity contribution >= 4 is 21.6 Å². The van der Waals surface area contributed by atoms with Crippen molar-refractivity contribution in [2.24, 2.45) is 5.92 Å². The number of rotatable bonds is 6. The molecule has 6 nitrogen and oxygen atoms in total. The van der Waals surface area contributed by atoms with Crippen molar-refractivity contribution in [2.45, 2.75) is 30.7 Å². The van der Waals surface area contributed by atoms with E-state index in [2.05, 4.69) is 27.1 Å². The molecule has 28 heavy (non-hydrogen) atoms. The minimum atomic E-state index is -3.55. The third kappa shape index (κ3) is 4.43. The van der Waals surface area contributed by atoms with Gasteiger partial charge in [0.1, 0.15) is 0 Å². The summed E-state index contributed by atoms with van der Waals surface area (Å²) in [6, 6.07) is 15.2. The summed E-state index contributed by atoms with van der Waals surface area (Å²) in [5.74, 6) is 0.290. The molecule has 148 valence electrons. The number of amides is 1. The predicted molar refractivity (Wildman–Crippen MR) is 108 cm³/mol. The fourth-order valence-corrected chi connectivity index (χ4v) is 5.07. The van der Waals surface area contributed by atoms with E-state index in [9.17, 15) is 13.2 Å². The Balaban J connectivity index is 1.34. The molecule has 2 heterocycles. The third-order valence-corrected chi connectivity index (χ3v) is 6.88. The summed E-state index contributed by atoms with van der Waals surface area (Å²) in [6.07, 6.45) is 1.95. The molecule has 0 aromatic heterocycles. The van der Waals surface area contributed by atoms with Gasteiger partial charge < -0.3 is 5.32 Å². The molecule has 0 bridgehead atoms. The highest BCUT2D eigenvalue weighted by atomic mass is 32.2. The van der Waals surface area contributed by atoms with Crippen LogP contribution in [0.5, 0.6) is 0 Å². The van der Waals surface area contributed by atoms with Crippen LogP contribution in [-0.2, 0) is 27.8 Å². The molecule has 1 amide bonds. The SMILES string of the molecule is O=C1CCc2cc(S(=O)(=O)NCC3CCN(Cc4ccccc4)C3)ccc2N1. The van der Waals surface area contributed by atoms with Gasteiger partial charge in [0.2, 0.25) is 15.9 Å². The van der Waals surface area contributed by atoms with Crippen molar-refractivity contribution in [3.8, 4) is 0 Å². The number of hydrogen-bond acceptors (Lipinski definition) is 4. The highest BCUT2D eigenvalue weighted by Crippen LogP contribution is 2.26. The van der Waals surface area contributed by atoms with Crippen LogP contribution in [0.4, 0.5) is 5.69 Å². The van der Waals surface area contributed by atoms with Crippen molar-refractivity contribution in [1.29, 1.82) is 0 Å². The molecule has 2 aromatic carbocycles. The number of hydrogen-bond donors (Lipinski definition) is 2. The minimum Gasteiger partial charge on any atom is -0.326 e. The molecular formula is C21H25N3O3S. The fraction of sp³-hybridized carbons (Fsp3) is 0.381. The Bertz CT molecular complexity index is 960. The van der Waals surface area contributed by atoms with E-state index in [4.69, 9.17) is 0 Å². The van der Waals surface area contributed by atoms with Crippen molar-refractivity contribution in [3.63, 3.8) is 0 Å². The van der Waals surface area contributed by atoms with Crippen molar-refractivity contribution in [1.82, 2.24) is 9.62 Å². The maximum absolute atomic E-state index is 12.7. The molecule has 0 saturated carbocycles. The van der Waals surface area contributed by atoms with Crippen LogP contribution in [0.15, 0.2) is 53.4 Å². The summed E-state index contributed by atoms with van der Waals surface area (Å²) >= 11 is 0. The second-order valence-electron chi connectivity index (χ2n) is 7.59.